The van der Waals surface area contributed by atoms with E-state index < -0.39 is 0 Å². The van der Waals surface area contributed by atoms with Crippen LogP contribution in [0.1, 0.15) is 27.9 Å². The van der Waals surface area contributed by atoms with Crippen LogP contribution in [0.25, 0.3) is 0 Å². The number of rotatable bonds is 4. The van der Waals surface area contributed by atoms with Gasteiger partial charge in [-0.25, -0.2) is 0 Å². The van der Waals surface area contributed by atoms with Gasteiger partial charge >= 0.3 is 0 Å². The fourth-order valence-corrected chi connectivity index (χ4v) is 3.73. The lowest BCUT2D eigenvalue weighted by atomic mass is 9.96. The largest absolute Gasteiger partial charge is 0.493 e. The van der Waals surface area contributed by atoms with Crippen LogP contribution in [0.5, 0.6) is 11.5 Å². The van der Waals surface area contributed by atoms with Crippen molar-refractivity contribution in [1.82, 2.24) is 0 Å². The maximum Gasteiger partial charge on any atom is 0.255 e. The summed E-state index contributed by atoms with van der Waals surface area (Å²) in [7, 11) is 3.12. The van der Waals surface area contributed by atoms with E-state index in [1.54, 1.807) is 32.4 Å². The number of hydrogen-bond acceptors (Lipinski definition) is 4. The number of hydrogen-bond donors (Lipinski definition) is 1. The molecular formula is C20H20N2O4. The van der Waals surface area contributed by atoms with Gasteiger partial charge in [-0.2, -0.15) is 0 Å². The molecule has 26 heavy (non-hydrogen) atoms. The molecule has 0 spiro atoms. The number of methoxy groups -OCH3 is 2. The van der Waals surface area contributed by atoms with E-state index in [0.717, 1.165) is 36.2 Å². The van der Waals surface area contributed by atoms with Gasteiger partial charge in [0.05, 0.1) is 26.3 Å². The van der Waals surface area contributed by atoms with Crippen molar-refractivity contribution < 1.29 is 19.1 Å². The summed E-state index contributed by atoms with van der Waals surface area (Å²) in [4.78, 5) is 26.7. The minimum absolute atomic E-state index is 0.124. The van der Waals surface area contributed by atoms with Crippen molar-refractivity contribution in [3.63, 3.8) is 0 Å². The maximum atomic E-state index is 12.7. The molecular weight excluding hydrogens is 332 g/mol. The lowest BCUT2D eigenvalue weighted by molar-refractivity contribution is -0.117. The molecule has 6 nitrogen and oxygen atoms in total. The van der Waals surface area contributed by atoms with Crippen LogP contribution in [0.4, 0.5) is 11.4 Å². The highest BCUT2D eigenvalue weighted by atomic mass is 16.5. The predicted octanol–water partition coefficient (Wildman–Crippen LogP) is 2.79. The third-order valence-corrected chi connectivity index (χ3v) is 4.91. The molecule has 2 amide bonds. The average molecular weight is 352 g/mol. The molecule has 2 aliphatic heterocycles. The zero-order valence-corrected chi connectivity index (χ0v) is 14.8. The van der Waals surface area contributed by atoms with Crippen molar-refractivity contribution in [2.75, 3.05) is 31.0 Å². The van der Waals surface area contributed by atoms with Crippen molar-refractivity contribution in [3.05, 3.63) is 47.0 Å². The Hall–Kier alpha value is -3.02. The van der Waals surface area contributed by atoms with Crippen molar-refractivity contribution in [3.8, 4) is 11.5 Å². The second-order valence-corrected chi connectivity index (χ2v) is 6.49. The summed E-state index contributed by atoms with van der Waals surface area (Å²) in [6, 6.07) is 8.97. The highest BCUT2D eigenvalue weighted by Gasteiger charge is 2.32. The fraction of sp³-hybridized carbons (Fsp3) is 0.300. The second-order valence-electron chi connectivity index (χ2n) is 6.49. The van der Waals surface area contributed by atoms with Gasteiger partial charge in [0.1, 0.15) is 0 Å². The van der Waals surface area contributed by atoms with E-state index in [2.05, 4.69) is 5.32 Å². The Labute approximate surface area is 151 Å². The number of aryl methyl sites for hydroxylation is 1. The van der Waals surface area contributed by atoms with Crippen LogP contribution in [0.15, 0.2) is 30.3 Å². The topological polar surface area (TPSA) is 67.9 Å². The van der Waals surface area contributed by atoms with Crippen LogP contribution < -0.4 is 19.7 Å². The van der Waals surface area contributed by atoms with Gasteiger partial charge in [0, 0.05) is 23.9 Å². The molecule has 0 bridgehead atoms. The SMILES string of the molecule is COc1ccc(NC(=O)c2cc3c4c(c2)CC(=O)N4CCC3)cc1OC. The van der Waals surface area contributed by atoms with Gasteiger partial charge in [-0.05, 0) is 48.2 Å². The number of carbonyl (C=O) groups excluding carboxylic acids is 2. The first-order chi connectivity index (χ1) is 12.6. The predicted molar refractivity (Wildman–Crippen MR) is 98.3 cm³/mol. The monoisotopic (exact) mass is 352 g/mol. The molecule has 4 rings (SSSR count). The maximum absolute atomic E-state index is 12.7. The van der Waals surface area contributed by atoms with Crippen LogP contribution in [-0.4, -0.2) is 32.6 Å². The Morgan fingerprint density at radius 3 is 2.62 bits per heavy atom. The Morgan fingerprint density at radius 1 is 1.08 bits per heavy atom. The van der Waals surface area contributed by atoms with Gasteiger partial charge in [-0.15, -0.1) is 0 Å². The molecule has 2 aliphatic rings. The zero-order chi connectivity index (χ0) is 18.3. The van der Waals surface area contributed by atoms with E-state index >= 15 is 0 Å². The first kappa shape index (κ1) is 16.4. The third-order valence-electron chi connectivity index (χ3n) is 4.91. The molecule has 2 aromatic rings. The number of nitrogens with zero attached hydrogens (tertiary/aromatic N) is 1. The molecule has 0 unspecified atom stereocenters. The number of nitrogens with one attached hydrogen (secondary N) is 1. The third kappa shape index (κ3) is 2.67. The molecule has 0 aliphatic carbocycles. The highest BCUT2D eigenvalue weighted by molar-refractivity contribution is 6.08. The van der Waals surface area contributed by atoms with E-state index in [1.807, 2.05) is 17.0 Å². The van der Waals surface area contributed by atoms with Crippen LogP contribution in [0, 0.1) is 0 Å². The Kier molecular flexibility index (Phi) is 4.03. The first-order valence-corrected chi connectivity index (χ1v) is 8.60. The van der Waals surface area contributed by atoms with Crippen molar-refractivity contribution in [1.29, 1.82) is 0 Å². The Balaban J connectivity index is 1.62. The highest BCUT2D eigenvalue weighted by Crippen LogP contribution is 2.38. The zero-order valence-electron chi connectivity index (χ0n) is 14.8. The van der Waals surface area contributed by atoms with E-state index in [9.17, 15) is 9.59 Å². The molecule has 0 saturated carbocycles. The molecule has 2 aromatic carbocycles. The standard InChI is InChI=1S/C20H20N2O4/c1-25-16-6-5-15(11-17(16)26-2)21-20(24)14-8-12-4-3-7-22-18(23)10-13(9-14)19(12)22/h5-6,8-9,11H,3-4,7,10H2,1-2H3,(H,21,24). The quantitative estimate of drug-likeness (QED) is 0.919. The molecule has 0 aromatic heterocycles. The Bertz CT molecular complexity index is 907. The van der Waals surface area contributed by atoms with Crippen LogP contribution in [0.3, 0.4) is 0 Å². The van der Waals surface area contributed by atoms with Gasteiger partial charge in [0.2, 0.25) is 5.91 Å². The van der Waals surface area contributed by atoms with Gasteiger partial charge in [0.15, 0.2) is 11.5 Å². The minimum Gasteiger partial charge on any atom is -0.493 e. The van der Waals surface area contributed by atoms with Gasteiger partial charge in [-0.3, -0.25) is 9.59 Å². The van der Waals surface area contributed by atoms with Crippen molar-refractivity contribution in [2.24, 2.45) is 0 Å². The fourth-order valence-electron chi connectivity index (χ4n) is 3.73. The molecule has 0 saturated heterocycles. The lowest BCUT2D eigenvalue weighted by Crippen LogP contribution is -2.31. The summed E-state index contributed by atoms with van der Waals surface area (Å²) < 4.78 is 10.5. The average Bonchev–Trinajstić information content (AvgIpc) is 2.98. The van der Waals surface area contributed by atoms with Crippen LogP contribution in [0.2, 0.25) is 0 Å². The van der Waals surface area contributed by atoms with Crippen LogP contribution in [-0.2, 0) is 17.6 Å². The van der Waals surface area contributed by atoms with Crippen LogP contribution >= 0.6 is 0 Å². The van der Waals surface area contributed by atoms with Gasteiger partial charge < -0.3 is 19.7 Å². The van der Waals surface area contributed by atoms with E-state index in [4.69, 9.17) is 9.47 Å². The lowest BCUT2D eigenvalue weighted by Gasteiger charge is -2.25. The van der Waals surface area contributed by atoms with Crippen molar-refractivity contribution >= 4 is 23.2 Å². The number of anilines is 2. The number of carbonyl (C=O) groups is 2. The van der Waals surface area contributed by atoms with Crippen molar-refractivity contribution in [2.45, 2.75) is 19.3 Å². The summed E-state index contributed by atoms with van der Waals surface area (Å²) in [5, 5.41) is 2.89. The number of amides is 2. The normalized spacial score (nSPS) is 14.8. The molecule has 6 heteroatoms. The number of benzene rings is 2. The smallest absolute Gasteiger partial charge is 0.255 e. The van der Waals surface area contributed by atoms with Gasteiger partial charge in [0.25, 0.3) is 5.91 Å². The van der Waals surface area contributed by atoms with Gasteiger partial charge in [-0.1, -0.05) is 0 Å². The second kappa shape index (κ2) is 6.37. The molecule has 2 heterocycles. The van der Waals surface area contributed by atoms with E-state index in [-0.39, 0.29) is 11.8 Å². The minimum atomic E-state index is -0.201. The van der Waals surface area contributed by atoms with E-state index in [1.165, 1.54) is 0 Å². The summed E-state index contributed by atoms with van der Waals surface area (Å²) >= 11 is 0. The molecule has 1 N–H and O–H groups in total. The first-order valence-electron chi connectivity index (χ1n) is 8.60. The summed E-state index contributed by atoms with van der Waals surface area (Å²) in [6.45, 7) is 0.774. The molecule has 0 atom stereocenters. The summed E-state index contributed by atoms with van der Waals surface area (Å²) in [5.74, 6) is 1.08. The summed E-state index contributed by atoms with van der Waals surface area (Å²) in [5.41, 5.74) is 4.25. The molecule has 134 valence electrons. The van der Waals surface area contributed by atoms with E-state index in [0.29, 0.717) is 29.2 Å². The number of ether oxygens (including phenoxy) is 2. The molecule has 0 radical (unpaired) electrons. The Morgan fingerprint density at radius 2 is 1.85 bits per heavy atom. The summed E-state index contributed by atoms with van der Waals surface area (Å²) in [6.07, 6.45) is 2.20. The molecule has 0 fully saturated rings.